The fourth-order valence-electron chi connectivity index (χ4n) is 4.13. The van der Waals surface area contributed by atoms with Crippen LogP contribution in [0.3, 0.4) is 0 Å². The lowest BCUT2D eigenvalue weighted by Gasteiger charge is -2.39. The van der Waals surface area contributed by atoms with E-state index >= 15 is 0 Å². The number of amides is 2. The molecule has 0 radical (unpaired) electrons. The van der Waals surface area contributed by atoms with Crippen LogP contribution in [0, 0.1) is 0 Å². The first kappa shape index (κ1) is 18.5. The van der Waals surface area contributed by atoms with E-state index in [0.717, 1.165) is 21.3 Å². The molecule has 1 aliphatic rings. The third-order valence-electron chi connectivity index (χ3n) is 5.53. The molecule has 30 heavy (non-hydrogen) atoms. The van der Waals surface area contributed by atoms with Crippen LogP contribution < -0.4 is 5.32 Å². The van der Waals surface area contributed by atoms with E-state index in [-0.39, 0.29) is 11.8 Å². The molecule has 0 saturated carbocycles. The van der Waals surface area contributed by atoms with Gasteiger partial charge in [0.2, 0.25) is 5.91 Å². The highest BCUT2D eigenvalue weighted by Crippen LogP contribution is 2.42. The number of nitrogens with one attached hydrogen (secondary N) is 1. The quantitative estimate of drug-likeness (QED) is 0.522. The summed E-state index contributed by atoms with van der Waals surface area (Å²) < 4.78 is 1.02. The molecular formula is C24H19N3O2S. The van der Waals surface area contributed by atoms with Gasteiger partial charge >= 0.3 is 0 Å². The second kappa shape index (κ2) is 7.39. The Kier molecular flexibility index (Phi) is 4.56. The van der Waals surface area contributed by atoms with E-state index in [2.05, 4.69) is 10.3 Å². The van der Waals surface area contributed by atoms with Gasteiger partial charge in [-0.05, 0) is 29.3 Å². The van der Waals surface area contributed by atoms with Gasteiger partial charge in [0.25, 0.3) is 5.91 Å². The van der Waals surface area contributed by atoms with Crippen LogP contribution in [0.4, 0.5) is 5.13 Å². The molecule has 3 aromatic carbocycles. The van der Waals surface area contributed by atoms with E-state index in [4.69, 9.17) is 0 Å². The Balaban J connectivity index is 1.59. The summed E-state index contributed by atoms with van der Waals surface area (Å²) in [6.45, 7) is 0. The zero-order chi connectivity index (χ0) is 20.7. The van der Waals surface area contributed by atoms with Crippen molar-refractivity contribution in [2.45, 2.75) is 12.0 Å². The van der Waals surface area contributed by atoms with Crippen LogP contribution in [0.5, 0.6) is 0 Å². The molecule has 0 fully saturated rings. The lowest BCUT2D eigenvalue weighted by molar-refractivity contribution is -0.119. The Hall–Kier alpha value is -3.51. The predicted molar refractivity (Wildman–Crippen MR) is 119 cm³/mol. The number of nitrogens with zero attached hydrogens (tertiary/aromatic N) is 2. The summed E-state index contributed by atoms with van der Waals surface area (Å²) in [5.41, 5.74) is 3.09. The van der Waals surface area contributed by atoms with Crippen molar-refractivity contribution in [1.82, 2.24) is 9.88 Å². The van der Waals surface area contributed by atoms with Crippen molar-refractivity contribution >= 4 is 38.5 Å². The van der Waals surface area contributed by atoms with E-state index < -0.39 is 12.0 Å². The molecule has 0 saturated heterocycles. The zero-order valence-electron chi connectivity index (χ0n) is 16.3. The minimum absolute atomic E-state index is 0.0801. The fraction of sp³-hybridized carbons (Fsp3) is 0.125. The van der Waals surface area contributed by atoms with Crippen LogP contribution in [-0.4, -0.2) is 28.7 Å². The molecule has 1 aromatic heterocycles. The van der Waals surface area contributed by atoms with E-state index in [0.29, 0.717) is 10.7 Å². The number of thiazole rings is 1. The number of likely N-dealkylation sites (N-methyl/N-ethyl adjacent to an activating group) is 1. The van der Waals surface area contributed by atoms with Crippen molar-refractivity contribution in [3.63, 3.8) is 0 Å². The maximum atomic E-state index is 13.6. The maximum Gasteiger partial charge on any atom is 0.254 e. The Bertz CT molecular complexity index is 1220. The van der Waals surface area contributed by atoms with E-state index in [1.165, 1.54) is 11.3 Å². The molecule has 0 bridgehead atoms. The second-order valence-corrected chi connectivity index (χ2v) is 8.34. The topological polar surface area (TPSA) is 62.3 Å². The highest BCUT2D eigenvalue weighted by Gasteiger charge is 2.42. The van der Waals surface area contributed by atoms with E-state index in [1.807, 2.05) is 72.8 Å². The molecule has 6 heteroatoms. The van der Waals surface area contributed by atoms with Crippen LogP contribution in [0.2, 0.25) is 0 Å². The number of carbonyl (C=O) groups excluding carboxylic acids is 2. The Morgan fingerprint density at radius 1 is 0.967 bits per heavy atom. The first-order chi connectivity index (χ1) is 14.6. The number of hydrogen-bond donors (Lipinski definition) is 1. The molecule has 1 N–H and O–H groups in total. The summed E-state index contributed by atoms with van der Waals surface area (Å²) in [7, 11) is 1.76. The number of para-hydroxylation sites is 1. The smallest absolute Gasteiger partial charge is 0.254 e. The maximum absolute atomic E-state index is 13.6. The highest BCUT2D eigenvalue weighted by atomic mass is 32.1. The van der Waals surface area contributed by atoms with Gasteiger partial charge in [-0.15, -0.1) is 0 Å². The van der Waals surface area contributed by atoms with Crippen molar-refractivity contribution in [3.05, 3.63) is 95.6 Å². The van der Waals surface area contributed by atoms with Gasteiger partial charge in [0.15, 0.2) is 5.13 Å². The molecule has 2 unspecified atom stereocenters. The normalized spacial score (nSPS) is 18.3. The van der Waals surface area contributed by atoms with Gasteiger partial charge in [-0.2, -0.15) is 0 Å². The lowest BCUT2D eigenvalue weighted by atomic mass is 9.79. The lowest BCUT2D eigenvalue weighted by Crippen LogP contribution is -2.44. The fourth-order valence-corrected chi connectivity index (χ4v) is 5.00. The van der Waals surface area contributed by atoms with Gasteiger partial charge in [-0.1, -0.05) is 72.0 Å². The van der Waals surface area contributed by atoms with Gasteiger partial charge in [-0.3, -0.25) is 9.59 Å². The third kappa shape index (κ3) is 3.06. The van der Waals surface area contributed by atoms with E-state index in [9.17, 15) is 9.59 Å². The standard InChI is InChI=1S/C24H19N3O2S/c1-27-21(15-9-3-2-4-10-15)20(16-11-5-6-12-17(16)23(27)29)22(28)26-24-25-18-13-7-8-14-19(18)30-24/h2-14,20-21H,1H3,(H,25,26,28). The number of benzene rings is 3. The van der Waals surface area contributed by atoms with Gasteiger partial charge < -0.3 is 10.2 Å². The third-order valence-corrected chi connectivity index (χ3v) is 6.48. The number of carbonyl (C=O) groups is 2. The molecule has 4 aromatic rings. The summed E-state index contributed by atoms with van der Waals surface area (Å²) in [5.74, 6) is -0.795. The van der Waals surface area contributed by atoms with Crippen LogP contribution in [0.15, 0.2) is 78.9 Å². The number of fused-ring (bicyclic) bond motifs is 2. The summed E-state index contributed by atoms with van der Waals surface area (Å²) in [6, 6.07) is 24.5. The number of anilines is 1. The van der Waals surface area contributed by atoms with Gasteiger partial charge in [-0.25, -0.2) is 4.98 Å². The van der Waals surface area contributed by atoms with Crippen molar-refractivity contribution < 1.29 is 9.59 Å². The first-order valence-corrected chi connectivity index (χ1v) is 10.5. The van der Waals surface area contributed by atoms with Crippen molar-refractivity contribution in [2.24, 2.45) is 0 Å². The van der Waals surface area contributed by atoms with Gasteiger partial charge in [0, 0.05) is 12.6 Å². The minimum atomic E-state index is -0.543. The molecule has 5 rings (SSSR count). The molecule has 0 spiro atoms. The van der Waals surface area contributed by atoms with Gasteiger partial charge in [0.05, 0.1) is 22.2 Å². The van der Waals surface area contributed by atoms with Crippen LogP contribution in [0.1, 0.15) is 33.4 Å². The number of hydrogen-bond acceptors (Lipinski definition) is 4. The monoisotopic (exact) mass is 413 g/mol. The minimum Gasteiger partial charge on any atom is -0.334 e. The Morgan fingerprint density at radius 3 is 2.47 bits per heavy atom. The summed E-state index contributed by atoms with van der Waals surface area (Å²) in [5, 5.41) is 3.57. The van der Waals surface area contributed by atoms with Crippen molar-refractivity contribution in [2.75, 3.05) is 12.4 Å². The molecular weight excluding hydrogens is 394 g/mol. The van der Waals surface area contributed by atoms with Crippen molar-refractivity contribution in [3.8, 4) is 0 Å². The van der Waals surface area contributed by atoms with Crippen LogP contribution >= 0.6 is 11.3 Å². The summed E-state index contributed by atoms with van der Waals surface area (Å²) in [6.07, 6.45) is 0. The molecule has 1 aliphatic heterocycles. The van der Waals surface area contributed by atoms with Gasteiger partial charge in [0.1, 0.15) is 0 Å². The molecule has 5 nitrogen and oxygen atoms in total. The molecule has 2 amide bonds. The highest BCUT2D eigenvalue weighted by molar-refractivity contribution is 7.22. The largest absolute Gasteiger partial charge is 0.334 e. The number of rotatable bonds is 3. The Morgan fingerprint density at radius 2 is 1.67 bits per heavy atom. The average molecular weight is 414 g/mol. The average Bonchev–Trinajstić information content (AvgIpc) is 3.18. The van der Waals surface area contributed by atoms with E-state index in [1.54, 1.807) is 18.0 Å². The Labute approximate surface area is 178 Å². The number of aromatic nitrogens is 1. The van der Waals surface area contributed by atoms with Crippen molar-refractivity contribution in [1.29, 1.82) is 0 Å². The SMILES string of the molecule is CN1C(=O)c2ccccc2C(C(=O)Nc2nc3ccccc3s2)C1c1ccccc1. The molecule has 148 valence electrons. The zero-order valence-corrected chi connectivity index (χ0v) is 17.1. The summed E-state index contributed by atoms with van der Waals surface area (Å²) in [4.78, 5) is 32.8. The van der Waals surface area contributed by atoms with Crippen LogP contribution in [0.25, 0.3) is 10.2 Å². The second-order valence-electron chi connectivity index (χ2n) is 7.31. The molecule has 2 heterocycles. The van der Waals surface area contributed by atoms with Crippen LogP contribution in [-0.2, 0) is 4.79 Å². The molecule has 0 aliphatic carbocycles. The summed E-state index contributed by atoms with van der Waals surface area (Å²) >= 11 is 1.45. The molecule has 2 atom stereocenters. The first-order valence-electron chi connectivity index (χ1n) is 9.71. The predicted octanol–water partition coefficient (Wildman–Crippen LogP) is 4.85.